The van der Waals surface area contributed by atoms with Crippen LogP contribution in [0.15, 0.2) is 12.1 Å². The van der Waals surface area contributed by atoms with E-state index in [1.807, 2.05) is 26.0 Å². The molecule has 4 unspecified atom stereocenters. The van der Waals surface area contributed by atoms with Crippen LogP contribution in [-0.4, -0.2) is 17.1 Å². The van der Waals surface area contributed by atoms with E-state index in [0.717, 1.165) is 23.6 Å². The molecule has 2 aliphatic rings. The third-order valence-corrected chi connectivity index (χ3v) is 5.05. The Hall–Kier alpha value is -1.45. The van der Waals surface area contributed by atoms with Crippen LogP contribution in [0.25, 0.3) is 0 Å². The van der Waals surface area contributed by atoms with Crippen molar-refractivity contribution < 1.29 is 4.74 Å². The number of hydrogen-bond donors (Lipinski definition) is 2. The summed E-state index contributed by atoms with van der Waals surface area (Å²) in [7, 11) is 0. The molecule has 1 aromatic heterocycles. The summed E-state index contributed by atoms with van der Waals surface area (Å²) in [6, 6.07) is 4.29. The summed E-state index contributed by atoms with van der Waals surface area (Å²) in [5, 5.41) is 3.56. The minimum atomic E-state index is 0.0815. The predicted molar refractivity (Wildman–Crippen MR) is 86.4 cm³/mol. The van der Waals surface area contributed by atoms with Crippen LogP contribution in [0.1, 0.15) is 46.5 Å². The van der Waals surface area contributed by atoms with E-state index in [1.165, 1.54) is 25.7 Å². The lowest BCUT2D eigenvalue weighted by molar-refractivity contribution is 0.234. The van der Waals surface area contributed by atoms with Crippen molar-refractivity contribution in [2.75, 3.05) is 11.1 Å². The van der Waals surface area contributed by atoms with E-state index in [0.29, 0.717) is 17.6 Å². The fraction of sp³-hybridized carbons (Fsp3) is 0.706. The van der Waals surface area contributed by atoms with Crippen LogP contribution in [0.3, 0.4) is 0 Å². The van der Waals surface area contributed by atoms with Gasteiger partial charge in [0.05, 0.1) is 11.8 Å². The van der Waals surface area contributed by atoms with Crippen LogP contribution in [0, 0.1) is 17.8 Å². The largest absolute Gasteiger partial charge is 0.473 e. The molecule has 1 aromatic rings. The van der Waals surface area contributed by atoms with Crippen molar-refractivity contribution in [3.63, 3.8) is 0 Å². The lowest BCUT2D eigenvalue weighted by Crippen LogP contribution is -2.30. The molecule has 0 radical (unpaired) electrons. The quantitative estimate of drug-likeness (QED) is 0.868. The van der Waals surface area contributed by atoms with Gasteiger partial charge in [-0.15, -0.1) is 0 Å². The molecule has 2 saturated carbocycles. The van der Waals surface area contributed by atoms with Crippen LogP contribution in [0.2, 0.25) is 0 Å². The summed E-state index contributed by atoms with van der Waals surface area (Å²) in [4.78, 5) is 4.53. The van der Waals surface area contributed by atoms with E-state index in [4.69, 9.17) is 10.5 Å². The molecule has 0 aromatic carbocycles. The number of nitrogens with two attached hydrogens (primary N) is 1. The summed E-state index contributed by atoms with van der Waals surface area (Å²) >= 11 is 0. The molecule has 2 aliphatic carbocycles. The Balaban J connectivity index is 1.67. The second kappa shape index (κ2) is 5.74. The average Bonchev–Trinajstić information content (AvgIpc) is 3.04. The standard InChI is InChI=1S/C17H27N3O/c1-10(2)21-17-15(18)6-7-16(20-17)19-11(3)14-9-12-4-5-13(14)8-12/h6-7,10-14H,4-5,8-9,18H2,1-3H3,(H,19,20). The number of anilines is 2. The summed E-state index contributed by atoms with van der Waals surface area (Å²) in [6.07, 6.45) is 5.76. The van der Waals surface area contributed by atoms with Gasteiger partial charge in [-0.05, 0) is 69.9 Å². The van der Waals surface area contributed by atoms with Gasteiger partial charge in [0.1, 0.15) is 5.82 Å². The highest BCUT2D eigenvalue weighted by Crippen LogP contribution is 2.49. The number of fused-ring (bicyclic) bond motifs is 2. The van der Waals surface area contributed by atoms with Gasteiger partial charge in [-0.2, -0.15) is 4.98 Å². The van der Waals surface area contributed by atoms with Gasteiger partial charge in [-0.25, -0.2) is 0 Å². The van der Waals surface area contributed by atoms with Crippen molar-refractivity contribution in [2.24, 2.45) is 17.8 Å². The van der Waals surface area contributed by atoms with Gasteiger partial charge in [-0.3, -0.25) is 0 Å². The molecule has 4 nitrogen and oxygen atoms in total. The van der Waals surface area contributed by atoms with Gasteiger partial charge >= 0.3 is 0 Å². The molecule has 116 valence electrons. The number of nitrogen functional groups attached to an aromatic ring is 1. The highest BCUT2D eigenvalue weighted by Gasteiger charge is 2.41. The topological polar surface area (TPSA) is 60.2 Å². The van der Waals surface area contributed by atoms with Gasteiger partial charge < -0.3 is 15.8 Å². The Labute approximate surface area is 127 Å². The number of aromatic nitrogens is 1. The molecule has 3 rings (SSSR count). The van der Waals surface area contributed by atoms with Crippen molar-refractivity contribution in [1.82, 2.24) is 4.98 Å². The van der Waals surface area contributed by atoms with E-state index in [1.54, 1.807) is 0 Å². The third kappa shape index (κ3) is 3.09. The van der Waals surface area contributed by atoms with E-state index in [9.17, 15) is 0 Å². The highest BCUT2D eigenvalue weighted by atomic mass is 16.5. The Morgan fingerprint density at radius 3 is 2.67 bits per heavy atom. The predicted octanol–water partition coefficient (Wildman–Crippen LogP) is 3.69. The lowest BCUT2D eigenvalue weighted by atomic mass is 9.84. The van der Waals surface area contributed by atoms with Crippen molar-refractivity contribution in [2.45, 2.75) is 58.6 Å². The summed E-state index contributed by atoms with van der Waals surface area (Å²) in [6.45, 7) is 6.25. The van der Waals surface area contributed by atoms with Crippen LogP contribution in [-0.2, 0) is 0 Å². The van der Waals surface area contributed by atoms with Crippen LogP contribution >= 0.6 is 0 Å². The fourth-order valence-corrected chi connectivity index (χ4v) is 4.10. The monoisotopic (exact) mass is 289 g/mol. The Bertz CT molecular complexity index is 503. The van der Waals surface area contributed by atoms with Gasteiger partial charge in [0.15, 0.2) is 0 Å². The first-order chi connectivity index (χ1) is 10.0. The summed E-state index contributed by atoms with van der Waals surface area (Å²) in [5.41, 5.74) is 6.52. The van der Waals surface area contributed by atoms with E-state index in [2.05, 4.69) is 17.2 Å². The number of rotatable bonds is 5. The smallest absolute Gasteiger partial charge is 0.239 e. The zero-order chi connectivity index (χ0) is 15.0. The molecule has 4 atom stereocenters. The van der Waals surface area contributed by atoms with Gasteiger partial charge in [-0.1, -0.05) is 6.42 Å². The molecule has 4 heteroatoms. The van der Waals surface area contributed by atoms with Gasteiger partial charge in [0.25, 0.3) is 0 Å². The minimum Gasteiger partial charge on any atom is -0.473 e. The van der Waals surface area contributed by atoms with Crippen LogP contribution < -0.4 is 15.8 Å². The molecule has 3 N–H and O–H groups in total. The van der Waals surface area contributed by atoms with E-state index < -0.39 is 0 Å². The third-order valence-electron chi connectivity index (χ3n) is 5.05. The molecule has 0 amide bonds. The van der Waals surface area contributed by atoms with Crippen molar-refractivity contribution in [3.8, 4) is 5.88 Å². The van der Waals surface area contributed by atoms with Crippen molar-refractivity contribution >= 4 is 11.5 Å². The van der Waals surface area contributed by atoms with Gasteiger partial charge in [0, 0.05) is 6.04 Å². The normalized spacial score (nSPS) is 28.9. The van der Waals surface area contributed by atoms with E-state index >= 15 is 0 Å². The van der Waals surface area contributed by atoms with Gasteiger partial charge in [0.2, 0.25) is 5.88 Å². The molecule has 2 bridgehead atoms. The Kier molecular flexibility index (Phi) is 3.96. The molecule has 0 saturated heterocycles. The lowest BCUT2D eigenvalue weighted by Gasteiger charge is -2.29. The molecule has 21 heavy (non-hydrogen) atoms. The number of hydrogen-bond acceptors (Lipinski definition) is 4. The number of ether oxygens (including phenoxy) is 1. The first kappa shape index (κ1) is 14.5. The maximum atomic E-state index is 5.92. The molecule has 2 fully saturated rings. The molecule has 0 aliphatic heterocycles. The number of nitrogens with zero attached hydrogens (tertiary/aromatic N) is 1. The molecule has 1 heterocycles. The minimum absolute atomic E-state index is 0.0815. The number of nitrogens with one attached hydrogen (secondary N) is 1. The summed E-state index contributed by atoms with van der Waals surface area (Å²) < 4.78 is 5.67. The first-order valence-corrected chi connectivity index (χ1v) is 8.22. The van der Waals surface area contributed by atoms with Crippen LogP contribution in [0.5, 0.6) is 5.88 Å². The zero-order valence-electron chi connectivity index (χ0n) is 13.3. The maximum absolute atomic E-state index is 5.92. The summed E-state index contributed by atoms with van der Waals surface area (Å²) in [5.74, 6) is 4.09. The van der Waals surface area contributed by atoms with E-state index in [-0.39, 0.29) is 6.10 Å². The Morgan fingerprint density at radius 1 is 1.24 bits per heavy atom. The van der Waals surface area contributed by atoms with Crippen LogP contribution in [0.4, 0.5) is 11.5 Å². The second-order valence-corrected chi connectivity index (χ2v) is 7.03. The van der Waals surface area contributed by atoms with Crippen molar-refractivity contribution in [3.05, 3.63) is 12.1 Å². The average molecular weight is 289 g/mol. The zero-order valence-corrected chi connectivity index (χ0v) is 13.3. The maximum Gasteiger partial charge on any atom is 0.239 e. The Morgan fingerprint density at radius 2 is 2.05 bits per heavy atom. The second-order valence-electron chi connectivity index (χ2n) is 7.03. The first-order valence-electron chi connectivity index (χ1n) is 8.22. The highest BCUT2D eigenvalue weighted by molar-refractivity contribution is 5.54. The SMILES string of the molecule is CC(C)Oc1nc(NC(C)C2CC3CCC2C3)ccc1N. The van der Waals surface area contributed by atoms with Crippen molar-refractivity contribution in [1.29, 1.82) is 0 Å². The molecular weight excluding hydrogens is 262 g/mol. The molecular formula is C17H27N3O. The molecule has 0 spiro atoms. The number of pyridine rings is 1. The fourth-order valence-electron chi connectivity index (χ4n) is 4.10.